The van der Waals surface area contributed by atoms with Crippen LogP contribution in [0.15, 0.2) is 12.3 Å². The van der Waals surface area contributed by atoms with Crippen molar-refractivity contribution in [2.75, 3.05) is 19.6 Å². The standard InChI is InChI=1S/C18H26F2N4O2/c1-2-3-4-16(25)23-12-14-5-8-21-24(14)15(13-23)11-17(26)22-9-6-18(19,20)7-10-22/h5,8,15H,2-4,6-7,9-13H2,1H3/t15-/m1/s1. The van der Waals surface area contributed by atoms with E-state index in [4.69, 9.17) is 0 Å². The topological polar surface area (TPSA) is 58.4 Å². The number of halogens is 2. The molecule has 6 nitrogen and oxygen atoms in total. The van der Waals surface area contributed by atoms with Gasteiger partial charge in [-0.2, -0.15) is 5.10 Å². The number of aromatic nitrogens is 2. The second-order valence-corrected chi connectivity index (χ2v) is 7.24. The lowest BCUT2D eigenvalue weighted by Gasteiger charge is -2.36. The average Bonchev–Trinajstić information content (AvgIpc) is 3.08. The smallest absolute Gasteiger partial charge is 0.251 e. The molecule has 0 spiro atoms. The Balaban J connectivity index is 1.65. The molecule has 0 bridgehead atoms. The van der Waals surface area contributed by atoms with Gasteiger partial charge in [-0.25, -0.2) is 8.78 Å². The number of nitrogens with zero attached hydrogens (tertiary/aromatic N) is 4. The fourth-order valence-corrected chi connectivity index (χ4v) is 3.63. The third kappa shape index (κ3) is 4.22. The lowest BCUT2D eigenvalue weighted by molar-refractivity contribution is -0.140. The number of hydrogen-bond acceptors (Lipinski definition) is 3. The molecule has 0 N–H and O–H groups in total. The third-order valence-corrected chi connectivity index (χ3v) is 5.24. The van der Waals surface area contributed by atoms with Gasteiger partial charge in [-0.1, -0.05) is 13.3 Å². The Morgan fingerprint density at radius 3 is 2.65 bits per heavy atom. The molecule has 0 unspecified atom stereocenters. The zero-order chi connectivity index (χ0) is 18.7. The number of alkyl halides is 2. The average molecular weight is 368 g/mol. The first-order valence-corrected chi connectivity index (χ1v) is 9.35. The number of carbonyl (C=O) groups is 2. The summed E-state index contributed by atoms with van der Waals surface area (Å²) < 4.78 is 28.4. The molecule has 0 aliphatic carbocycles. The number of hydrogen-bond donors (Lipinski definition) is 0. The highest BCUT2D eigenvalue weighted by atomic mass is 19.3. The van der Waals surface area contributed by atoms with Crippen molar-refractivity contribution in [3.63, 3.8) is 0 Å². The minimum atomic E-state index is -2.67. The molecule has 2 amide bonds. The monoisotopic (exact) mass is 368 g/mol. The molecule has 1 aromatic heterocycles. The van der Waals surface area contributed by atoms with Crippen molar-refractivity contribution in [1.82, 2.24) is 19.6 Å². The van der Waals surface area contributed by atoms with E-state index in [9.17, 15) is 18.4 Å². The molecule has 1 atom stereocenters. The van der Waals surface area contributed by atoms with E-state index in [-0.39, 0.29) is 50.2 Å². The molecule has 0 aromatic carbocycles. The normalized spacial score (nSPS) is 22.2. The van der Waals surface area contributed by atoms with Gasteiger partial charge < -0.3 is 9.80 Å². The Kier molecular flexibility index (Phi) is 5.58. The maximum atomic E-state index is 13.3. The minimum Gasteiger partial charge on any atom is -0.342 e. The van der Waals surface area contributed by atoms with Crippen molar-refractivity contribution < 1.29 is 18.4 Å². The van der Waals surface area contributed by atoms with Gasteiger partial charge in [0, 0.05) is 45.1 Å². The van der Waals surface area contributed by atoms with Crippen molar-refractivity contribution in [2.45, 2.75) is 64.0 Å². The molecule has 1 fully saturated rings. The van der Waals surface area contributed by atoms with Crippen molar-refractivity contribution >= 4 is 11.8 Å². The van der Waals surface area contributed by atoms with Crippen LogP contribution in [0.5, 0.6) is 0 Å². The highest BCUT2D eigenvalue weighted by Crippen LogP contribution is 2.29. The Bertz CT molecular complexity index is 651. The summed E-state index contributed by atoms with van der Waals surface area (Å²) in [5.41, 5.74) is 0.907. The first-order valence-electron chi connectivity index (χ1n) is 9.35. The van der Waals surface area contributed by atoms with Crippen LogP contribution in [0.25, 0.3) is 0 Å². The number of carbonyl (C=O) groups excluding carboxylic acids is 2. The highest BCUT2D eigenvalue weighted by Gasteiger charge is 2.37. The fourth-order valence-electron chi connectivity index (χ4n) is 3.63. The van der Waals surface area contributed by atoms with Crippen LogP contribution in [0.2, 0.25) is 0 Å². The van der Waals surface area contributed by atoms with Crippen LogP contribution in [0, 0.1) is 0 Å². The van der Waals surface area contributed by atoms with Crippen LogP contribution in [0.1, 0.15) is 57.2 Å². The van der Waals surface area contributed by atoms with Crippen molar-refractivity contribution in [2.24, 2.45) is 0 Å². The molecule has 3 rings (SSSR count). The van der Waals surface area contributed by atoms with E-state index < -0.39 is 5.92 Å². The molecule has 144 valence electrons. The molecular formula is C18H26F2N4O2. The number of piperidine rings is 1. The largest absolute Gasteiger partial charge is 0.342 e. The van der Waals surface area contributed by atoms with Crippen LogP contribution >= 0.6 is 0 Å². The maximum Gasteiger partial charge on any atom is 0.251 e. The van der Waals surface area contributed by atoms with Crippen LogP contribution in [0.3, 0.4) is 0 Å². The van der Waals surface area contributed by atoms with Gasteiger partial charge in [-0.3, -0.25) is 14.3 Å². The number of fused-ring (bicyclic) bond motifs is 1. The quantitative estimate of drug-likeness (QED) is 0.803. The van der Waals surface area contributed by atoms with Crippen LogP contribution in [0.4, 0.5) is 8.78 Å². The van der Waals surface area contributed by atoms with E-state index in [0.717, 1.165) is 18.5 Å². The molecule has 0 radical (unpaired) electrons. The Morgan fingerprint density at radius 2 is 1.96 bits per heavy atom. The highest BCUT2D eigenvalue weighted by molar-refractivity contribution is 5.78. The van der Waals surface area contributed by atoms with Gasteiger partial charge in [0.15, 0.2) is 0 Å². The Hall–Kier alpha value is -1.99. The van der Waals surface area contributed by atoms with E-state index in [0.29, 0.717) is 19.5 Å². The lowest BCUT2D eigenvalue weighted by Crippen LogP contribution is -2.46. The van der Waals surface area contributed by atoms with Crippen molar-refractivity contribution in [3.8, 4) is 0 Å². The molecule has 2 aliphatic rings. The van der Waals surface area contributed by atoms with Crippen LogP contribution in [-0.2, 0) is 16.1 Å². The number of unbranched alkanes of at least 4 members (excludes halogenated alkanes) is 1. The van der Waals surface area contributed by atoms with E-state index in [1.54, 1.807) is 15.8 Å². The second kappa shape index (κ2) is 7.72. The van der Waals surface area contributed by atoms with Gasteiger partial charge in [-0.05, 0) is 12.5 Å². The molecule has 8 heteroatoms. The van der Waals surface area contributed by atoms with Gasteiger partial charge >= 0.3 is 0 Å². The maximum absolute atomic E-state index is 13.3. The van der Waals surface area contributed by atoms with E-state index in [2.05, 4.69) is 5.10 Å². The van der Waals surface area contributed by atoms with Crippen LogP contribution in [-0.4, -0.2) is 57.0 Å². The summed E-state index contributed by atoms with van der Waals surface area (Å²) in [6, 6.07) is 1.62. The first-order chi connectivity index (χ1) is 12.4. The summed E-state index contributed by atoms with van der Waals surface area (Å²) in [4.78, 5) is 28.3. The third-order valence-electron chi connectivity index (χ3n) is 5.24. The summed E-state index contributed by atoms with van der Waals surface area (Å²) in [6.07, 6.45) is 3.61. The molecule has 1 saturated heterocycles. The minimum absolute atomic E-state index is 0.0870. The Morgan fingerprint density at radius 1 is 1.23 bits per heavy atom. The summed E-state index contributed by atoms with van der Waals surface area (Å²) in [6.45, 7) is 3.16. The Labute approximate surface area is 152 Å². The second-order valence-electron chi connectivity index (χ2n) is 7.24. The van der Waals surface area contributed by atoms with Crippen LogP contribution < -0.4 is 0 Å². The molecule has 3 heterocycles. The summed E-state index contributed by atoms with van der Waals surface area (Å²) in [5.74, 6) is -2.72. The van der Waals surface area contributed by atoms with Gasteiger partial charge in [0.1, 0.15) is 0 Å². The van der Waals surface area contributed by atoms with Gasteiger partial charge in [0.2, 0.25) is 11.8 Å². The van der Waals surface area contributed by atoms with Gasteiger partial charge in [-0.15, -0.1) is 0 Å². The number of rotatable bonds is 5. The molecule has 1 aromatic rings. The first kappa shape index (κ1) is 18.8. The van der Waals surface area contributed by atoms with E-state index in [1.165, 1.54) is 4.90 Å². The summed E-state index contributed by atoms with van der Waals surface area (Å²) in [5, 5.41) is 4.30. The molecule has 26 heavy (non-hydrogen) atoms. The molecular weight excluding hydrogens is 342 g/mol. The van der Waals surface area contributed by atoms with Crippen molar-refractivity contribution in [3.05, 3.63) is 18.0 Å². The number of amides is 2. The predicted molar refractivity (Wildman–Crippen MR) is 91.6 cm³/mol. The predicted octanol–water partition coefficient (Wildman–Crippen LogP) is 2.60. The SMILES string of the molecule is CCCCC(=O)N1Cc2ccnn2[C@H](CC(=O)N2CCC(F)(F)CC2)C1. The zero-order valence-electron chi connectivity index (χ0n) is 15.2. The molecule has 0 saturated carbocycles. The summed E-state index contributed by atoms with van der Waals surface area (Å²) in [7, 11) is 0. The van der Waals surface area contributed by atoms with E-state index in [1.807, 2.05) is 13.0 Å². The van der Waals surface area contributed by atoms with E-state index >= 15 is 0 Å². The summed E-state index contributed by atoms with van der Waals surface area (Å²) >= 11 is 0. The lowest BCUT2D eigenvalue weighted by atomic mass is 10.0. The molecule has 2 aliphatic heterocycles. The van der Waals surface area contributed by atoms with Gasteiger partial charge in [0.25, 0.3) is 5.92 Å². The fraction of sp³-hybridized carbons (Fsp3) is 0.722. The van der Waals surface area contributed by atoms with Gasteiger partial charge in [0.05, 0.1) is 24.7 Å². The van der Waals surface area contributed by atoms with Crippen molar-refractivity contribution in [1.29, 1.82) is 0 Å². The number of likely N-dealkylation sites (tertiary alicyclic amines) is 1. The zero-order valence-corrected chi connectivity index (χ0v) is 15.2.